The largest absolute Gasteiger partial charge is 0.355 e. The number of nitrogens with zero attached hydrogens (tertiary/aromatic N) is 3. The molecule has 2 rings (SSSR count). The summed E-state index contributed by atoms with van der Waals surface area (Å²) >= 11 is 0. The molecule has 0 radical (unpaired) electrons. The molecule has 1 aliphatic heterocycles. The van der Waals surface area contributed by atoms with Crippen molar-refractivity contribution >= 4 is 5.91 Å². The molecule has 0 bridgehead atoms. The van der Waals surface area contributed by atoms with E-state index in [-0.39, 0.29) is 11.9 Å². The molecule has 0 aromatic carbocycles. The third-order valence-electron chi connectivity index (χ3n) is 3.46. The average molecular weight is 251 g/mol. The Hall–Kier alpha value is -1.43. The number of piperidine rings is 1. The molecule has 1 aromatic heterocycles. The Morgan fingerprint density at radius 2 is 2.50 bits per heavy atom. The summed E-state index contributed by atoms with van der Waals surface area (Å²) in [5, 5.41) is 10.2. The van der Waals surface area contributed by atoms with Gasteiger partial charge in [-0.25, -0.2) is 4.98 Å². The molecule has 2 heterocycles. The summed E-state index contributed by atoms with van der Waals surface area (Å²) in [4.78, 5) is 16.1. The van der Waals surface area contributed by atoms with Crippen molar-refractivity contribution in [1.82, 2.24) is 25.4 Å². The van der Waals surface area contributed by atoms with Gasteiger partial charge in [0.1, 0.15) is 12.2 Å². The molecular formula is C12H21N5O. The minimum Gasteiger partial charge on any atom is -0.355 e. The van der Waals surface area contributed by atoms with Gasteiger partial charge in [-0.2, -0.15) is 5.10 Å². The van der Waals surface area contributed by atoms with Gasteiger partial charge < -0.3 is 10.6 Å². The highest BCUT2D eigenvalue weighted by atomic mass is 16.2. The molecule has 1 fully saturated rings. The van der Waals surface area contributed by atoms with Gasteiger partial charge in [0.25, 0.3) is 0 Å². The summed E-state index contributed by atoms with van der Waals surface area (Å²) in [6, 6.07) is -0.0584. The van der Waals surface area contributed by atoms with E-state index < -0.39 is 0 Å². The summed E-state index contributed by atoms with van der Waals surface area (Å²) in [5.41, 5.74) is 0. The molecule has 1 saturated heterocycles. The van der Waals surface area contributed by atoms with Gasteiger partial charge in [0.2, 0.25) is 5.91 Å². The lowest BCUT2D eigenvalue weighted by molar-refractivity contribution is -0.123. The predicted molar refractivity (Wildman–Crippen MR) is 67.9 cm³/mol. The molecule has 0 aliphatic carbocycles. The molecule has 1 amide bonds. The van der Waals surface area contributed by atoms with Gasteiger partial charge in [0.05, 0.1) is 6.04 Å². The summed E-state index contributed by atoms with van der Waals surface area (Å²) in [6.45, 7) is 3.52. The van der Waals surface area contributed by atoms with Crippen LogP contribution in [0.1, 0.15) is 25.6 Å². The zero-order chi connectivity index (χ0) is 13.0. The second-order valence-electron chi connectivity index (χ2n) is 4.80. The van der Waals surface area contributed by atoms with Crippen molar-refractivity contribution in [1.29, 1.82) is 0 Å². The van der Waals surface area contributed by atoms with Gasteiger partial charge in [0.15, 0.2) is 0 Å². The van der Waals surface area contributed by atoms with E-state index in [4.69, 9.17) is 0 Å². The Kier molecular flexibility index (Phi) is 4.30. The molecule has 1 aliphatic rings. The molecule has 0 spiro atoms. The first kappa shape index (κ1) is 13.0. The number of aryl methyl sites for hydroxylation is 1. The van der Waals surface area contributed by atoms with Crippen LogP contribution in [0.5, 0.6) is 0 Å². The van der Waals surface area contributed by atoms with E-state index in [1.807, 2.05) is 18.7 Å². The van der Waals surface area contributed by atoms with E-state index in [9.17, 15) is 4.79 Å². The number of aromatic nitrogens is 3. The second kappa shape index (κ2) is 5.95. The Bertz CT molecular complexity index is 403. The maximum absolute atomic E-state index is 11.8. The Morgan fingerprint density at radius 1 is 1.67 bits per heavy atom. The normalized spacial score (nSPS) is 23.9. The van der Waals surface area contributed by atoms with Crippen molar-refractivity contribution in [2.24, 2.45) is 13.0 Å². The van der Waals surface area contributed by atoms with Crippen LogP contribution in [0.4, 0.5) is 0 Å². The van der Waals surface area contributed by atoms with Gasteiger partial charge in [-0.1, -0.05) is 0 Å². The van der Waals surface area contributed by atoms with Gasteiger partial charge in [-0.05, 0) is 32.2 Å². The van der Waals surface area contributed by atoms with E-state index in [1.165, 1.54) is 0 Å². The number of nitrogens with one attached hydrogen (secondary N) is 2. The fourth-order valence-electron chi connectivity index (χ4n) is 2.44. The molecule has 6 heteroatoms. The van der Waals surface area contributed by atoms with E-state index in [0.717, 1.165) is 31.6 Å². The molecule has 0 saturated carbocycles. The lowest BCUT2D eigenvalue weighted by Crippen LogP contribution is -2.49. The third-order valence-corrected chi connectivity index (χ3v) is 3.46. The minimum atomic E-state index is -0.0584. The van der Waals surface area contributed by atoms with E-state index in [0.29, 0.717) is 12.5 Å². The summed E-state index contributed by atoms with van der Waals surface area (Å²) < 4.78 is 1.81. The van der Waals surface area contributed by atoms with Crippen LogP contribution in [0.2, 0.25) is 0 Å². The number of carbonyl (C=O) groups excluding carboxylic acids is 1. The highest BCUT2D eigenvalue weighted by Crippen LogP contribution is 2.20. The van der Waals surface area contributed by atoms with Crippen LogP contribution in [-0.2, 0) is 18.3 Å². The number of likely N-dealkylation sites (N-methyl/N-ethyl adjacent to an activating group) is 1. The summed E-state index contributed by atoms with van der Waals surface area (Å²) in [6.07, 6.45) is 4.44. The number of hydrogen-bond donors (Lipinski definition) is 2. The topological polar surface area (TPSA) is 71.8 Å². The van der Waals surface area contributed by atoms with Crippen LogP contribution < -0.4 is 10.6 Å². The first-order chi connectivity index (χ1) is 8.70. The number of carbonyl (C=O) groups is 1. The number of rotatable bonds is 4. The quantitative estimate of drug-likeness (QED) is 0.781. The van der Waals surface area contributed by atoms with Gasteiger partial charge in [0, 0.05) is 20.0 Å². The second-order valence-corrected chi connectivity index (χ2v) is 4.80. The molecule has 6 nitrogen and oxygen atoms in total. The maximum Gasteiger partial charge on any atom is 0.237 e. The third kappa shape index (κ3) is 3.07. The van der Waals surface area contributed by atoms with E-state index >= 15 is 0 Å². The van der Waals surface area contributed by atoms with Crippen LogP contribution in [0.15, 0.2) is 6.33 Å². The number of amides is 1. The van der Waals surface area contributed by atoms with Crippen LogP contribution in [0.25, 0.3) is 0 Å². The maximum atomic E-state index is 11.8. The standard InChI is InChI=1S/C12H21N5O/c1-3-13-12(18)10-6-9(4-5-14-10)7-11-15-8-16-17(11)2/h8-10,14H,3-7H2,1-2H3,(H,13,18). The van der Waals surface area contributed by atoms with Crippen molar-refractivity contribution in [3.8, 4) is 0 Å². The molecule has 2 N–H and O–H groups in total. The molecule has 18 heavy (non-hydrogen) atoms. The predicted octanol–water partition coefficient (Wildman–Crippen LogP) is -0.138. The van der Waals surface area contributed by atoms with Crippen LogP contribution in [-0.4, -0.2) is 39.8 Å². The molecule has 2 atom stereocenters. The van der Waals surface area contributed by atoms with Crippen molar-refractivity contribution in [3.05, 3.63) is 12.2 Å². The molecule has 1 aromatic rings. The summed E-state index contributed by atoms with van der Waals surface area (Å²) in [5.74, 6) is 1.61. The lowest BCUT2D eigenvalue weighted by atomic mass is 9.89. The highest BCUT2D eigenvalue weighted by molar-refractivity contribution is 5.81. The highest BCUT2D eigenvalue weighted by Gasteiger charge is 2.27. The minimum absolute atomic E-state index is 0.0584. The lowest BCUT2D eigenvalue weighted by Gasteiger charge is -2.29. The van der Waals surface area contributed by atoms with Crippen molar-refractivity contribution < 1.29 is 4.79 Å². The average Bonchev–Trinajstić information content (AvgIpc) is 2.76. The van der Waals surface area contributed by atoms with E-state index in [1.54, 1.807) is 6.33 Å². The molecule has 100 valence electrons. The fraction of sp³-hybridized carbons (Fsp3) is 0.750. The van der Waals surface area contributed by atoms with Crippen LogP contribution >= 0.6 is 0 Å². The smallest absolute Gasteiger partial charge is 0.237 e. The van der Waals surface area contributed by atoms with Gasteiger partial charge in [-0.3, -0.25) is 9.48 Å². The van der Waals surface area contributed by atoms with E-state index in [2.05, 4.69) is 20.7 Å². The van der Waals surface area contributed by atoms with Crippen molar-refractivity contribution in [3.63, 3.8) is 0 Å². The fourth-order valence-corrected chi connectivity index (χ4v) is 2.44. The zero-order valence-corrected chi connectivity index (χ0v) is 11.0. The van der Waals surface area contributed by atoms with Crippen molar-refractivity contribution in [2.75, 3.05) is 13.1 Å². The Morgan fingerprint density at radius 3 is 3.17 bits per heavy atom. The summed E-state index contributed by atoms with van der Waals surface area (Å²) in [7, 11) is 1.91. The first-order valence-corrected chi connectivity index (χ1v) is 6.54. The van der Waals surface area contributed by atoms with Crippen molar-refractivity contribution in [2.45, 2.75) is 32.2 Å². The molecule has 2 unspecified atom stereocenters. The monoisotopic (exact) mass is 251 g/mol. The van der Waals surface area contributed by atoms with Crippen LogP contribution in [0, 0.1) is 5.92 Å². The van der Waals surface area contributed by atoms with Gasteiger partial charge in [-0.15, -0.1) is 0 Å². The SMILES string of the molecule is CCNC(=O)C1CC(Cc2ncnn2C)CCN1. The molecular weight excluding hydrogens is 230 g/mol. The first-order valence-electron chi connectivity index (χ1n) is 6.54. The van der Waals surface area contributed by atoms with Crippen LogP contribution in [0.3, 0.4) is 0 Å². The number of hydrogen-bond acceptors (Lipinski definition) is 4. The Labute approximate surface area is 107 Å². The zero-order valence-electron chi connectivity index (χ0n) is 11.0. The Balaban J connectivity index is 1.91. The van der Waals surface area contributed by atoms with Gasteiger partial charge >= 0.3 is 0 Å².